The molecule has 0 spiro atoms. The molecule has 0 aliphatic carbocycles. The zero-order valence-electron chi connectivity index (χ0n) is 10.9. The largest absolute Gasteiger partial charge is 0.391 e. The van der Waals surface area contributed by atoms with Gasteiger partial charge in [-0.3, -0.25) is 9.69 Å². The van der Waals surface area contributed by atoms with Crippen LogP contribution in [0.2, 0.25) is 0 Å². The van der Waals surface area contributed by atoms with E-state index in [0.717, 1.165) is 19.3 Å². The highest BCUT2D eigenvalue weighted by Crippen LogP contribution is 2.14. The van der Waals surface area contributed by atoms with Gasteiger partial charge in [-0.2, -0.15) is 0 Å². The van der Waals surface area contributed by atoms with Crippen molar-refractivity contribution in [1.82, 2.24) is 10.2 Å². The Morgan fingerprint density at radius 3 is 2.32 bits per heavy atom. The lowest BCUT2D eigenvalue weighted by molar-refractivity contribution is -0.127. The highest BCUT2D eigenvalue weighted by atomic mass is 35.5. The molecule has 1 aliphatic rings. The number of halogens is 2. The zero-order valence-corrected chi connectivity index (χ0v) is 12.4. The number of hydrogen-bond donors (Lipinski definition) is 3. The SMILES string of the molecule is O=C1NCCCCC1N(CC(O)CCl)CC(O)CCl. The summed E-state index contributed by atoms with van der Waals surface area (Å²) >= 11 is 11.2. The Labute approximate surface area is 123 Å². The van der Waals surface area contributed by atoms with Crippen molar-refractivity contribution in [2.75, 3.05) is 31.4 Å². The van der Waals surface area contributed by atoms with Gasteiger partial charge >= 0.3 is 0 Å². The fourth-order valence-electron chi connectivity index (χ4n) is 2.24. The number of amides is 1. The van der Waals surface area contributed by atoms with E-state index in [1.54, 1.807) is 4.90 Å². The lowest BCUT2D eigenvalue weighted by Crippen LogP contribution is -2.51. The van der Waals surface area contributed by atoms with Gasteiger partial charge in [0.2, 0.25) is 5.91 Å². The number of nitrogens with one attached hydrogen (secondary N) is 1. The molecule has 0 aromatic heterocycles. The van der Waals surface area contributed by atoms with E-state index in [1.165, 1.54) is 0 Å². The minimum atomic E-state index is -0.722. The summed E-state index contributed by atoms with van der Waals surface area (Å²) in [5.74, 6) is 0.143. The quantitative estimate of drug-likeness (QED) is 0.585. The fourth-order valence-corrected chi connectivity index (χ4v) is 2.43. The van der Waals surface area contributed by atoms with Crippen LogP contribution >= 0.6 is 23.2 Å². The molecule has 3 N–H and O–H groups in total. The van der Waals surface area contributed by atoms with Crippen molar-refractivity contribution in [3.05, 3.63) is 0 Å². The Morgan fingerprint density at radius 1 is 1.21 bits per heavy atom. The fraction of sp³-hybridized carbons (Fsp3) is 0.917. The van der Waals surface area contributed by atoms with Crippen LogP contribution in [0.25, 0.3) is 0 Å². The molecular weight excluding hydrogens is 291 g/mol. The van der Waals surface area contributed by atoms with Gasteiger partial charge in [-0.15, -0.1) is 23.2 Å². The van der Waals surface area contributed by atoms with Crippen molar-refractivity contribution >= 4 is 29.1 Å². The van der Waals surface area contributed by atoms with Crippen molar-refractivity contribution in [2.45, 2.75) is 37.5 Å². The Morgan fingerprint density at radius 2 is 1.79 bits per heavy atom. The Kier molecular flexibility index (Phi) is 8.02. The molecule has 0 saturated carbocycles. The Hall–Kier alpha value is -0.0700. The summed E-state index contributed by atoms with van der Waals surface area (Å²) in [6, 6.07) is -0.335. The number of nitrogens with zero attached hydrogens (tertiary/aromatic N) is 1. The second-order valence-corrected chi connectivity index (χ2v) is 5.49. The second-order valence-electron chi connectivity index (χ2n) is 4.87. The first-order valence-corrected chi connectivity index (χ1v) is 7.65. The van der Waals surface area contributed by atoms with E-state index < -0.39 is 12.2 Å². The smallest absolute Gasteiger partial charge is 0.237 e. The average Bonchev–Trinajstić information content (AvgIpc) is 2.62. The first-order valence-electron chi connectivity index (χ1n) is 6.58. The van der Waals surface area contributed by atoms with Gasteiger partial charge < -0.3 is 15.5 Å². The van der Waals surface area contributed by atoms with E-state index in [1.807, 2.05) is 0 Å². The topological polar surface area (TPSA) is 72.8 Å². The molecule has 19 heavy (non-hydrogen) atoms. The molecule has 0 aromatic carbocycles. The number of carbonyl (C=O) groups excluding carboxylic acids is 1. The summed E-state index contributed by atoms with van der Waals surface area (Å²) in [4.78, 5) is 13.8. The van der Waals surface area contributed by atoms with E-state index in [0.29, 0.717) is 6.54 Å². The van der Waals surface area contributed by atoms with Gasteiger partial charge in [0.1, 0.15) is 0 Å². The third kappa shape index (κ3) is 5.83. The van der Waals surface area contributed by atoms with Crippen LogP contribution < -0.4 is 5.32 Å². The molecule has 5 nitrogen and oxygen atoms in total. The van der Waals surface area contributed by atoms with Gasteiger partial charge in [0.15, 0.2) is 0 Å². The van der Waals surface area contributed by atoms with Crippen molar-refractivity contribution < 1.29 is 15.0 Å². The second kappa shape index (κ2) is 8.97. The first kappa shape index (κ1) is 17.0. The summed E-state index contributed by atoms with van der Waals surface area (Å²) < 4.78 is 0. The lowest BCUT2D eigenvalue weighted by Gasteiger charge is -2.32. The average molecular weight is 313 g/mol. The number of hydrogen-bond acceptors (Lipinski definition) is 4. The maximum atomic E-state index is 12.0. The standard InChI is InChI=1S/C12H22Cl2N2O3/c13-5-9(17)7-16(8-10(18)6-14)11-3-1-2-4-15-12(11)19/h9-11,17-18H,1-8H2,(H,15,19). The maximum absolute atomic E-state index is 12.0. The van der Waals surface area contributed by atoms with E-state index in [4.69, 9.17) is 23.2 Å². The molecule has 1 aliphatic heterocycles. The number of alkyl halides is 2. The van der Waals surface area contributed by atoms with Gasteiger partial charge in [-0.1, -0.05) is 0 Å². The van der Waals surface area contributed by atoms with E-state index >= 15 is 0 Å². The van der Waals surface area contributed by atoms with E-state index in [9.17, 15) is 15.0 Å². The third-order valence-electron chi connectivity index (χ3n) is 3.19. The number of aliphatic hydroxyl groups excluding tert-OH is 2. The van der Waals surface area contributed by atoms with Crippen LogP contribution in [-0.4, -0.2) is 70.7 Å². The highest BCUT2D eigenvalue weighted by Gasteiger charge is 2.29. The molecule has 1 heterocycles. The summed E-state index contributed by atoms with van der Waals surface area (Å²) in [7, 11) is 0. The summed E-state index contributed by atoms with van der Waals surface area (Å²) in [6.07, 6.45) is 1.16. The Balaban J connectivity index is 2.71. The van der Waals surface area contributed by atoms with Crippen LogP contribution in [0.15, 0.2) is 0 Å². The van der Waals surface area contributed by atoms with Gasteiger partial charge in [0, 0.05) is 31.4 Å². The summed E-state index contributed by atoms with van der Waals surface area (Å²) in [5.41, 5.74) is 0. The molecule has 3 atom stereocenters. The molecule has 0 radical (unpaired) electrons. The molecule has 0 aromatic rings. The van der Waals surface area contributed by atoms with Crippen LogP contribution in [0.4, 0.5) is 0 Å². The van der Waals surface area contributed by atoms with Crippen LogP contribution in [0.3, 0.4) is 0 Å². The molecule has 3 unspecified atom stereocenters. The van der Waals surface area contributed by atoms with Gasteiger partial charge in [-0.25, -0.2) is 0 Å². The van der Waals surface area contributed by atoms with E-state index in [-0.39, 0.29) is 36.8 Å². The van der Waals surface area contributed by atoms with Crippen molar-refractivity contribution in [3.8, 4) is 0 Å². The van der Waals surface area contributed by atoms with Crippen molar-refractivity contribution in [3.63, 3.8) is 0 Å². The normalized spacial score (nSPS) is 23.8. The minimum absolute atomic E-state index is 0.0546. The molecule has 1 amide bonds. The lowest BCUT2D eigenvalue weighted by atomic mass is 10.1. The molecule has 1 rings (SSSR count). The summed E-state index contributed by atoms with van der Waals surface area (Å²) in [6.45, 7) is 1.20. The van der Waals surface area contributed by atoms with Gasteiger partial charge in [0.05, 0.1) is 18.2 Å². The third-order valence-corrected chi connectivity index (χ3v) is 3.91. The maximum Gasteiger partial charge on any atom is 0.237 e. The molecule has 1 fully saturated rings. The van der Waals surface area contributed by atoms with Crippen molar-refractivity contribution in [1.29, 1.82) is 0 Å². The molecule has 1 saturated heterocycles. The molecule has 7 heteroatoms. The number of rotatable bonds is 7. The summed E-state index contributed by atoms with van der Waals surface area (Å²) in [5, 5.41) is 22.2. The van der Waals surface area contributed by atoms with Gasteiger partial charge in [-0.05, 0) is 19.3 Å². The van der Waals surface area contributed by atoms with Crippen LogP contribution in [0, 0.1) is 0 Å². The highest BCUT2D eigenvalue weighted by molar-refractivity contribution is 6.18. The van der Waals surface area contributed by atoms with Gasteiger partial charge in [0.25, 0.3) is 0 Å². The van der Waals surface area contributed by atoms with E-state index in [2.05, 4.69) is 5.32 Å². The number of carbonyl (C=O) groups is 1. The minimum Gasteiger partial charge on any atom is -0.391 e. The first-order chi connectivity index (χ1) is 9.08. The van der Waals surface area contributed by atoms with Crippen LogP contribution in [-0.2, 0) is 4.79 Å². The van der Waals surface area contributed by atoms with Crippen LogP contribution in [0.5, 0.6) is 0 Å². The molecular formula is C12H22Cl2N2O3. The Bertz CT molecular complexity index is 270. The van der Waals surface area contributed by atoms with Crippen molar-refractivity contribution in [2.24, 2.45) is 0 Å². The predicted octanol–water partition coefficient (Wildman–Crippen LogP) is 0.156. The van der Waals surface area contributed by atoms with Crippen LogP contribution in [0.1, 0.15) is 19.3 Å². The molecule has 0 bridgehead atoms. The predicted molar refractivity (Wildman–Crippen MR) is 75.7 cm³/mol. The zero-order chi connectivity index (χ0) is 14.3. The monoisotopic (exact) mass is 312 g/mol. The number of aliphatic hydroxyl groups is 2. The molecule has 112 valence electrons.